The van der Waals surface area contributed by atoms with Crippen molar-refractivity contribution in [1.82, 2.24) is 5.32 Å². The summed E-state index contributed by atoms with van der Waals surface area (Å²) in [4.78, 5) is 0. The molecule has 0 bridgehead atoms. The maximum absolute atomic E-state index is 5.40. The van der Waals surface area contributed by atoms with Crippen molar-refractivity contribution >= 4 is 0 Å². The highest BCUT2D eigenvalue weighted by Crippen LogP contribution is 1.91. The largest absolute Gasteiger partial charge is 0.379 e. The van der Waals surface area contributed by atoms with Gasteiger partial charge in [0.25, 0.3) is 0 Å². The summed E-state index contributed by atoms with van der Waals surface area (Å²) < 4.78 is 16.2. The van der Waals surface area contributed by atoms with Gasteiger partial charge in [-0.05, 0) is 5.92 Å². The van der Waals surface area contributed by atoms with Gasteiger partial charge in [-0.3, -0.25) is 0 Å². The summed E-state index contributed by atoms with van der Waals surface area (Å²) in [5.41, 5.74) is 0. The van der Waals surface area contributed by atoms with Crippen molar-refractivity contribution in [2.75, 3.05) is 46.2 Å². The molecule has 0 aliphatic rings. The third kappa shape index (κ3) is 15.8. The van der Waals surface area contributed by atoms with E-state index in [1.54, 1.807) is 0 Å². The second-order valence-electron chi connectivity index (χ2n) is 4.80. The maximum atomic E-state index is 5.40. The van der Waals surface area contributed by atoms with Gasteiger partial charge in [-0.15, -0.1) is 0 Å². The van der Waals surface area contributed by atoms with E-state index in [1.165, 1.54) is 0 Å². The Morgan fingerprint density at radius 3 is 1.82 bits per heavy atom. The summed E-state index contributed by atoms with van der Waals surface area (Å²) in [6.07, 6.45) is 0. The minimum absolute atomic E-state index is 0.521. The first-order valence-electron chi connectivity index (χ1n) is 6.59. The first-order valence-corrected chi connectivity index (χ1v) is 6.59. The second kappa shape index (κ2) is 12.3. The van der Waals surface area contributed by atoms with Gasteiger partial charge in [0.15, 0.2) is 0 Å². The number of hydrogen-bond acceptors (Lipinski definition) is 4. The Morgan fingerprint density at radius 2 is 1.29 bits per heavy atom. The van der Waals surface area contributed by atoms with E-state index in [4.69, 9.17) is 14.2 Å². The molecule has 0 saturated heterocycles. The molecule has 0 aromatic carbocycles. The van der Waals surface area contributed by atoms with Crippen LogP contribution in [0.2, 0.25) is 0 Å². The van der Waals surface area contributed by atoms with E-state index in [2.05, 4.69) is 33.0 Å². The molecule has 0 rings (SSSR count). The lowest BCUT2D eigenvalue weighted by atomic mass is 10.2. The van der Waals surface area contributed by atoms with Crippen molar-refractivity contribution in [3.8, 4) is 0 Å². The number of nitrogens with one attached hydrogen (secondary N) is 1. The van der Waals surface area contributed by atoms with E-state index in [1.807, 2.05) is 0 Å². The smallest absolute Gasteiger partial charge is 0.0701 e. The van der Waals surface area contributed by atoms with Crippen LogP contribution in [0.5, 0.6) is 0 Å². The Labute approximate surface area is 106 Å². The zero-order valence-corrected chi connectivity index (χ0v) is 11.8. The summed E-state index contributed by atoms with van der Waals surface area (Å²) in [6.45, 7) is 13.6. The molecule has 0 aromatic heterocycles. The maximum Gasteiger partial charge on any atom is 0.0701 e. The molecule has 17 heavy (non-hydrogen) atoms. The highest BCUT2D eigenvalue weighted by atomic mass is 16.5. The van der Waals surface area contributed by atoms with Gasteiger partial charge < -0.3 is 19.5 Å². The minimum Gasteiger partial charge on any atom is -0.379 e. The molecule has 0 spiro atoms. The summed E-state index contributed by atoms with van der Waals surface area (Å²) >= 11 is 0. The molecule has 4 nitrogen and oxygen atoms in total. The normalized spacial score (nSPS) is 11.6. The van der Waals surface area contributed by atoms with Crippen LogP contribution in [-0.2, 0) is 14.2 Å². The van der Waals surface area contributed by atoms with Gasteiger partial charge in [0.05, 0.1) is 33.0 Å². The van der Waals surface area contributed by atoms with Gasteiger partial charge >= 0.3 is 0 Å². The zero-order valence-electron chi connectivity index (χ0n) is 11.8. The van der Waals surface area contributed by atoms with E-state index in [0.717, 1.165) is 19.8 Å². The van der Waals surface area contributed by atoms with E-state index < -0.39 is 0 Å². The molecule has 4 heteroatoms. The average molecular weight is 247 g/mol. The summed E-state index contributed by atoms with van der Waals surface area (Å²) in [5.74, 6) is 0.590. The summed E-state index contributed by atoms with van der Waals surface area (Å²) in [6, 6.07) is 0.521. The van der Waals surface area contributed by atoms with E-state index in [9.17, 15) is 0 Å². The van der Waals surface area contributed by atoms with Crippen molar-refractivity contribution in [3.05, 3.63) is 0 Å². The van der Waals surface area contributed by atoms with Crippen LogP contribution in [0.25, 0.3) is 0 Å². The molecule has 0 amide bonds. The van der Waals surface area contributed by atoms with Crippen molar-refractivity contribution in [2.24, 2.45) is 5.92 Å². The van der Waals surface area contributed by atoms with Gasteiger partial charge in [0, 0.05) is 19.2 Å². The molecule has 0 fully saturated rings. The SMILES string of the molecule is CC(C)COCCOCCOCCNC(C)C. The molecule has 1 N–H and O–H groups in total. The predicted molar refractivity (Wildman–Crippen MR) is 70.4 cm³/mol. The summed E-state index contributed by atoms with van der Waals surface area (Å²) in [7, 11) is 0. The van der Waals surface area contributed by atoms with Crippen molar-refractivity contribution in [3.63, 3.8) is 0 Å². The van der Waals surface area contributed by atoms with Gasteiger partial charge in [-0.1, -0.05) is 27.7 Å². The highest BCUT2D eigenvalue weighted by Gasteiger charge is 1.95. The van der Waals surface area contributed by atoms with Crippen molar-refractivity contribution in [2.45, 2.75) is 33.7 Å². The van der Waals surface area contributed by atoms with E-state index in [-0.39, 0.29) is 0 Å². The minimum atomic E-state index is 0.521. The van der Waals surface area contributed by atoms with Gasteiger partial charge in [0.1, 0.15) is 0 Å². The molecule has 0 saturated carbocycles. The molecule has 0 aliphatic carbocycles. The van der Waals surface area contributed by atoms with Gasteiger partial charge in [0.2, 0.25) is 0 Å². The average Bonchev–Trinajstić information content (AvgIpc) is 2.25. The number of ether oxygens (including phenoxy) is 3. The lowest BCUT2D eigenvalue weighted by Crippen LogP contribution is -2.27. The molecule has 0 aromatic rings. The molecular formula is C13H29NO3. The van der Waals surface area contributed by atoms with Crippen molar-refractivity contribution < 1.29 is 14.2 Å². The lowest BCUT2D eigenvalue weighted by molar-refractivity contribution is 0.00994. The van der Waals surface area contributed by atoms with Crippen LogP contribution >= 0.6 is 0 Å². The first-order chi connectivity index (χ1) is 8.13. The molecule has 0 unspecified atom stereocenters. The fourth-order valence-corrected chi connectivity index (χ4v) is 1.18. The molecular weight excluding hydrogens is 218 g/mol. The Hall–Kier alpha value is -0.160. The van der Waals surface area contributed by atoms with Crippen LogP contribution < -0.4 is 5.32 Å². The molecule has 0 radical (unpaired) electrons. The van der Waals surface area contributed by atoms with Crippen LogP contribution in [-0.4, -0.2) is 52.2 Å². The van der Waals surface area contributed by atoms with Crippen LogP contribution in [0.4, 0.5) is 0 Å². The third-order valence-corrected chi connectivity index (χ3v) is 1.99. The Kier molecular flexibility index (Phi) is 12.2. The highest BCUT2D eigenvalue weighted by molar-refractivity contribution is 4.50. The van der Waals surface area contributed by atoms with Crippen LogP contribution in [0.1, 0.15) is 27.7 Å². The Bertz CT molecular complexity index is 136. The number of hydrogen-bond donors (Lipinski definition) is 1. The van der Waals surface area contributed by atoms with E-state index in [0.29, 0.717) is 38.4 Å². The van der Waals surface area contributed by atoms with Crippen LogP contribution in [0, 0.1) is 5.92 Å². The molecule has 104 valence electrons. The van der Waals surface area contributed by atoms with Crippen LogP contribution in [0.15, 0.2) is 0 Å². The van der Waals surface area contributed by atoms with Crippen LogP contribution in [0.3, 0.4) is 0 Å². The topological polar surface area (TPSA) is 39.7 Å². The van der Waals surface area contributed by atoms with E-state index >= 15 is 0 Å². The Morgan fingerprint density at radius 1 is 0.765 bits per heavy atom. The lowest BCUT2D eigenvalue weighted by Gasteiger charge is -2.09. The number of rotatable bonds is 12. The van der Waals surface area contributed by atoms with Gasteiger partial charge in [-0.2, -0.15) is 0 Å². The standard InChI is InChI=1S/C13H29NO3/c1-12(2)11-17-10-9-16-8-7-15-6-5-14-13(3)4/h12-14H,5-11H2,1-4H3. The third-order valence-electron chi connectivity index (χ3n) is 1.99. The predicted octanol–water partition coefficient (Wildman–Crippen LogP) is 1.69. The quantitative estimate of drug-likeness (QED) is 0.533. The molecule has 0 atom stereocenters. The zero-order chi connectivity index (χ0) is 12.9. The fourth-order valence-electron chi connectivity index (χ4n) is 1.18. The monoisotopic (exact) mass is 247 g/mol. The molecule has 0 aliphatic heterocycles. The Balaban J connectivity index is 2.94. The second-order valence-corrected chi connectivity index (χ2v) is 4.80. The van der Waals surface area contributed by atoms with Gasteiger partial charge in [-0.25, -0.2) is 0 Å². The first kappa shape index (κ1) is 16.8. The van der Waals surface area contributed by atoms with Crippen molar-refractivity contribution in [1.29, 1.82) is 0 Å². The fraction of sp³-hybridized carbons (Fsp3) is 1.00. The summed E-state index contributed by atoms with van der Waals surface area (Å²) in [5, 5.41) is 3.29. The molecule has 0 heterocycles.